The average molecular weight is 215 g/mol. The number of nitrogens with zero attached hydrogens (tertiary/aromatic N) is 1. The standard InChI is InChI=1S/C10H15ClN2O/c1-14-7-9(12)3-2-8-4-5-13-6-10(8)11/h4-6,9H,2-3,7,12H2,1H3. The average Bonchev–Trinajstić information content (AvgIpc) is 2.17. The van der Waals surface area contributed by atoms with Gasteiger partial charge in [-0.25, -0.2) is 0 Å². The SMILES string of the molecule is COCC(N)CCc1ccncc1Cl. The number of nitrogens with two attached hydrogens (primary N) is 1. The summed E-state index contributed by atoms with van der Waals surface area (Å²) in [4.78, 5) is 3.92. The van der Waals surface area contributed by atoms with Crippen LogP contribution in [-0.4, -0.2) is 24.7 Å². The predicted molar refractivity (Wildman–Crippen MR) is 57.4 cm³/mol. The van der Waals surface area contributed by atoms with Crippen molar-refractivity contribution in [2.75, 3.05) is 13.7 Å². The minimum atomic E-state index is 0.0734. The summed E-state index contributed by atoms with van der Waals surface area (Å²) in [5, 5.41) is 0.706. The minimum Gasteiger partial charge on any atom is -0.383 e. The van der Waals surface area contributed by atoms with E-state index in [0.29, 0.717) is 11.6 Å². The van der Waals surface area contributed by atoms with Crippen LogP contribution in [0.2, 0.25) is 5.02 Å². The Morgan fingerprint density at radius 2 is 2.43 bits per heavy atom. The molecular formula is C10H15ClN2O. The molecule has 1 aromatic rings. The summed E-state index contributed by atoms with van der Waals surface area (Å²) in [6, 6.07) is 1.99. The first-order valence-electron chi connectivity index (χ1n) is 4.57. The Morgan fingerprint density at radius 1 is 1.64 bits per heavy atom. The van der Waals surface area contributed by atoms with Crippen molar-refractivity contribution in [1.29, 1.82) is 0 Å². The maximum absolute atomic E-state index is 5.95. The third-order valence-electron chi connectivity index (χ3n) is 2.02. The van der Waals surface area contributed by atoms with Gasteiger partial charge in [0.05, 0.1) is 11.6 Å². The first kappa shape index (κ1) is 11.4. The smallest absolute Gasteiger partial charge is 0.0621 e. The van der Waals surface area contributed by atoms with Gasteiger partial charge in [0.15, 0.2) is 0 Å². The Balaban J connectivity index is 2.41. The van der Waals surface area contributed by atoms with Crippen LogP contribution in [0.3, 0.4) is 0 Å². The van der Waals surface area contributed by atoms with Crippen molar-refractivity contribution >= 4 is 11.6 Å². The van der Waals surface area contributed by atoms with Crippen LogP contribution >= 0.6 is 11.6 Å². The van der Waals surface area contributed by atoms with Crippen molar-refractivity contribution in [2.24, 2.45) is 5.73 Å². The quantitative estimate of drug-likeness (QED) is 0.811. The molecule has 1 rings (SSSR count). The van der Waals surface area contributed by atoms with E-state index in [0.717, 1.165) is 18.4 Å². The van der Waals surface area contributed by atoms with Gasteiger partial charge in [-0.1, -0.05) is 11.6 Å². The van der Waals surface area contributed by atoms with E-state index >= 15 is 0 Å². The summed E-state index contributed by atoms with van der Waals surface area (Å²) in [6.45, 7) is 0.586. The molecule has 1 aromatic heterocycles. The number of hydrogen-bond acceptors (Lipinski definition) is 3. The van der Waals surface area contributed by atoms with Gasteiger partial charge in [0.2, 0.25) is 0 Å². The highest BCUT2D eigenvalue weighted by Crippen LogP contribution is 2.15. The Bertz CT molecular complexity index is 281. The summed E-state index contributed by atoms with van der Waals surface area (Å²) in [5.74, 6) is 0. The molecule has 0 amide bonds. The van der Waals surface area contributed by atoms with Gasteiger partial charge in [-0.2, -0.15) is 0 Å². The molecular weight excluding hydrogens is 200 g/mol. The van der Waals surface area contributed by atoms with E-state index in [2.05, 4.69) is 4.98 Å². The molecule has 0 saturated carbocycles. The monoisotopic (exact) mass is 214 g/mol. The summed E-state index contributed by atoms with van der Waals surface area (Å²) in [6.07, 6.45) is 5.13. The zero-order valence-corrected chi connectivity index (χ0v) is 9.00. The van der Waals surface area contributed by atoms with Gasteiger partial charge in [-0.05, 0) is 24.5 Å². The van der Waals surface area contributed by atoms with E-state index in [4.69, 9.17) is 22.1 Å². The summed E-state index contributed by atoms with van der Waals surface area (Å²) < 4.78 is 4.95. The van der Waals surface area contributed by atoms with Crippen molar-refractivity contribution in [3.8, 4) is 0 Å². The summed E-state index contributed by atoms with van der Waals surface area (Å²) in [7, 11) is 1.65. The van der Waals surface area contributed by atoms with Gasteiger partial charge in [-0.3, -0.25) is 4.98 Å². The van der Waals surface area contributed by atoms with Gasteiger partial charge >= 0.3 is 0 Å². The van der Waals surface area contributed by atoms with Gasteiger partial charge in [0, 0.05) is 25.5 Å². The van der Waals surface area contributed by atoms with Crippen LogP contribution in [0.1, 0.15) is 12.0 Å². The van der Waals surface area contributed by atoms with Crippen LogP contribution in [0.5, 0.6) is 0 Å². The molecule has 1 unspecified atom stereocenters. The fraction of sp³-hybridized carbons (Fsp3) is 0.500. The fourth-order valence-corrected chi connectivity index (χ4v) is 1.46. The minimum absolute atomic E-state index is 0.0734. The van der Waals surface area contributed by atoms with Crippen molar-refractivity contribution in [3.05, 3.63) is 29.0 Å². The first-order chi connectivity index (χ1) is 6.74. The Kier molecular flexibility index (Phi) is 4.87. The molecule has 0 spiro atoms. The number of halogens is 1. The number of methoxy groups -OCH3 is 1. The molecule has 0 aliphatic heterocycles. The zero-order valence-electron chi connectivity index (χ0n) is 8.24. The van der Waals surface area contributed by atoms with E-state index < -0.39 is 0 Å². The molecule has 3 nitrogen and oxygen atoms in total. The fourth-order valence-electron chi connectivity index (χ4n) is 1.25. The summed E-state index contributed by atoms with van der Waals surface area (Å²) in [5.41, 5.74) is 6.89. The molecule has 0 saturated heterocycles. The lowest BCUT2D eigenvalue weighted by Gasteiger charge is -2.10. The van der Waals surface area contributed by atoms with Crippen LogP contribution in [0.15, 0.2) is 18.5 Å². The molecule has 4 heteroatoms. The lowest BCUT2D eigenvalue weighted by Crippen LogP contribution is -2.26. The van der Waals surface area contributed by atoms with Crippen LogP contribution in [-0.2, 0) is 11.2 Å². The molecule has 0 radical (unpaired) electrons. The van der Waals surface area contributed by atoms with Crippen LogP contribution in [0.4, 0.5) is 0 Å². The van der Waals surface area contributed by atoms with Gasteiger partial charge in [0.1, 0.15) is 0 Å². The molecule has 0 aromatic carbocycles. The molecule has 2 N–H and O–H groups in total. The summed E-state index contributed by atoms with van der Waals surface area (Å²) >= 11 is 5.95. The largest absolute Gasteiger partial charge is 0.383 e. The highest BCUT2D eigenvalue weighted by Gasteiger charge is 2.04. The predicted octanol–water partition coefficient (Wildman–Crippen LogP) is 1.64. The van der Waals surface area contributed by atoms with Crippen molar-refractivity contribution in [2.45, 2.75) is 18.9 Å². The van der Waals surface area contributed by atoms with Crippen molar-refractivity contribution in [1.82, 2.24) is 4.98 Å². The van der Waals surface area contributed by atoms with E-state index in [9.17, 15) is 0 Å². The third-order valence-corrected chi connectivity index (χ3v) is 2.36. The Labute approximate surface area is 89.2 Å². The van der Waals surface area contributed by atoms with Gasteiger partial charge in [0.25, 0.3) is 0 Å². The number of hydrogen-bond donors (Lipinski definition) is 1. The maximum atomic E-state index is 5.95. The normalized spacial score (nSPS) is 12.8. The number of aryl methyl sites for hydroxylation is 1. The van der Waals surface area contributed by atoms with Crippen LogP contribution in [0.25, 0.3) is 0 Å². The molecule has 0 bridgehead atoms. The molecule has 0 aliphatic carbocycles. The molecule has 1 atom stereocenters. The second-order valence-electron chi connectivity index (χ2n) is 3.22. The highest BCUT2D eigenvalue weighted by atomic mass is 35.5. The lowest BCUT2D eigenvalue weighted by atomic mass is 10.1. The first-order valence-corrected chi connectivity index (χ1v) is 4.94. The molecule has 78 valence electrons. The topological polar surface area (TPSA) is 48.1 Å². The second kappa shape index (κ2) is 5.96. The zero-order chi connectivity index (χ0) is 10.4. The number of rotatable bonds is 5. The molecule has 1 heterocycles. The van der Waals surface area contributed by atoms with Crippen molar-refractivity contribution in [3.63, 3.8) is 0 Å². The molecule has 14 heavy (non-hydrogen) atoms. The van der Waals surface area contributed by atoms with E-state index in [1.807, 2.05) is 6.07 Å². The number of aromatic nitrogens is 1. The number of pyridine rings is 1. The lowest BCUT2D eigenvalue weighted by molar-refractivity contribution is 0.177. The Hall–Kier alpha value is -0.640. The van der Waals surface area contributed by atoms with E-state index in [-0.39, 0.29) is 6.04 Å². The van der Waals surface area contributed by atoms with Gasteiger partial charge in [-0.15, -0.1) is 0 Å². The number of ether oxygens (including phenoxy) is 1. The highest BCUT2D eigenvalue weighted by molar-refractivity contribution is 6.31. The third kappa shape index (κ3) is 3.62. The van der Waals surface area contributed by atoms with Gasteiger partial charge < -0.3 is 10.5 Å². The van der Waals surface area contributed by atoms with Crippen LogP contribution in [0, 0.1) is 0 Å². The second-order valence-corrected chi connectivity index (χ2v) is 3.63. The van der Waals surface area contributed by atoms with Crippen molar-refractivity contribution < 1.29 is 4.74 Å². The molecule has 0 aliphatic rings. The van der Waals surface area contributed by atoms with E-state index in [1.54, 1.807) is 19.5 Å². The van der Waals surface area contributed by atoms with Crippen LogP contribution < -0.4 is 5.73 Å². The Morgan fingerprint density at radius 3 is 3.07 bits per heavy atom. The van der Waals surface area contributed by atoms with E-state index in [1.165, 1.54) is 0 Å². The maximum Gasteiger partial charge on any atom is 0.0621 e. The molecule has 0 fully saturated rings.